The summed E-state index contributed by atoms with van der Waals surface area (Å²) in [4.78, 5) is 0. The number of benzene rings is 2. The van der Waals surface area contributed by atoms with E-state index in [0.717, 1.165) is 16.7 Å². The Morgan fingerprint density at radius 2 is 1.85 bits per heavy atom. The number of aliphatic hydroxyl groups is 1. The first-order chi connectivity index (χ1) is 9.70. The van der Waals surface area contributed by atoms with Crippen LogP contribution in [-0.2, 0) is 11.3 Å². The Hall–Kier alpha value is -1.84. The lowest BCUT2D eigenvalue weighted by atomic mass is 10.1. The average Bonchev–Trinajstić information content (AvgIpc) is 2.48. The molecule has 0 saturated heterocycles. The van der Waals surface area contributed by atoms with Crippen molar-refractivity contribution in [2.75, 3.05) is 13.7 Å². The van der Waals surface area contributed by atoms with Crippen molar-refractivity contribution in [3.05, 3.63) is 65.2 Å². The molecule has 0 heterocycles. The molecule has 1 atom stereocenters. The van der Waals surface area contributed by atoms with Gasteiger partial charge in [0.2, 0.25) is 0 Å². The van der Waals surface area contributed by atoms with Crippen LogP contribution in [0.2, 0.25) is 0 Å². The molecule has 0 aliphatic carbocycles. The monoisotopic (exact) mass is 272 g/mol. The quantitative estimate of drug-likeness (QED) is 0.877. The fourth-order valence-corrected chi connectivity index (χ4v) is 2.07. The first-order valence-corrected chi connectivity index (χ1v) is 6.65. The van der Waals surface area contributed by atoms with E-state index in [0.29, 0.717) is 12.4 Å². The molecule has 106 valence electrons. The van der Waals surface area contributed by atoms with Gasteiger partial charge >= 0.3 is 0 Å². The molecule has 20 heavy (non-hydrogen) atoms. The highest BCUT2D eigenvalue weighted by molar-refractivity contribution is 5.38. The van der Waals surface area contributed by atoms with Crippen LogP contribution in [0.4, 0.5) is 0 Å². The lowest BCUT2D eigenvalue weighted by Gasteiger charge is -2.16. The molecule has 1 unspecified atom stereocenters. The Morgan fingerprint density at radius 3 is 2.55 bits per heavy atom. The molecule has 1 N–H and O–H groups in total. The summed E-state index contributed by atoms with van der Waals surface area (Å²) in [5.74, 6) is 0.686. The van der Waals surface area contributed by atoms with Gasteiger partial charge in [0.25, 0.3) is 0 Å². The smallest absolute Gasteiger partial charge is 0.124 e. The Labute approximate surface area is 119 Å². The van der Waals surface area contributed by atoms with Gasteiger partial charge in [-0.2, -0.15) is 0 Å². The molecule has 0 aliphatic rings. The van der Waals surface area contributed by atoms with E-state index in [1.807, 2.05) is 55.5 Å². The van der Waals surface area contributed by atoms with Crippen LogP contribution in [0.3, 0.4) is 0 Å². The van der Waals surface area contributed by atoms with Crippen molar-refractivity contribution < 1.29 is 14.6 Å². The summed E-state index contributed by atoms with van der Waals surface area (Å²) < 4.78 is 10.8. The molecular weight excluding hydrogens is 252 g/mol. The highest BCUT2D eigenvalue weighted by atomic mass is 16.5. The molecule has 0 radical (unpaired) electrons. The highest BCUT2D eigenvalue weighted by Crippen LogP contribution is 2.26. The first-order valence-electron chi connectivity index (χ1n) is 6.65. The summed E-state index contributed by atoms with van der Waals surface area (Å²) in [6.07, 6.45) is -0.687. The molecule has 0 bridgehead atoms. The van der Waals surface area contributed by atoms with Crippen molar-refractivity contribution in [2.45, 2.75) is 19.6 Å². The zero-order valence-corrected chi connectivity index (χ0v) is 11.9. The summed E-state index contributed by atoms with van der Waals surface area (Å²) in [5, 5.41) is 10.2. The molecule has 2 rings (SSSR count). The minimum atomic E-state index is -0.687. The predicted octanol–water partition coefficient (Wildman–Crippen LogP) is 3.25. The number of hydrogen-bond donors (Lipinski definition) is 1. The summed E-state index contributed by atoms with van der Waals surface area (Å²) >= 11 is 0. The molecule has 0 saturated carbocycles. The standard InChI is InChI=1S/C17H20O3/c1-13-8-9-17(19-2)15(10-13)16(18)12-20-11-14-6-4-3-5-7-14/h3-10,16,18H,11-12H2,1-2H3. The van der Waals surface area contributed by atoms with Crippen LogP contribution in [-0.4, -0.2) is 18.8 Å². The number of ether oxygens (including phenoxy) is 2. The summed E-state index contributed by atoms with van der Waals surface area (Å²) in [7, 11) is 1.60. The van der Waals surface area contributed by atoms with Gasteiger partial charge in [-0.3, -0.25) is 0 Å². The Balaban J connectivity index is 1.95. The molecule has 0 aromatic heterocycles. The van der Waals surface area contributed by atoms with Crippen molar-refractivity contribution >= 4 is 0 Å². The van der Waals surface area contributed by atoms with Crippen LogP contribution in [0.5, 0.6) is 5.75 Å². The van der Waals surface area contributed by atoms with E-state index in [9.17, 15) is 5.11 Å². The molecule has 2 aromatic rings. The van der Waals surface area contributed by atoms with E-state index in [2.05, 4.69) is 0 Å². The van der Waals surface area contributed by atoms with E-state index in [4.69, 9.17) is 9.47 Å². The lowest BCUT2D eigenvalue weighted by molar-refractivity contribution is 0.0266. The van der Waals surface area contributed by atoms with Gasteiger partial charge in [-0.15, -0.1) is 0 Å². The molecule has 3 nitrogen and oxygen atoms in total. The second-order valence-corrected chi connectivity index (χ2v) is 4.76. The topological polar surface area (TPSA) is 38.7 Å². The molecule has 3 heteroatoms. The zero-order valence-electron chi connectivity index (χ0n) is 11.9. The van der Waals surface area contributed by atoms with Crippen LogP contribution in [0.25, 0.3) is 0 Å². The van der Waals surface area contributed by atoms with E-state index >= 15 is 0 Å². The summed E-state index contributed by atoms with van der Waals surface area (Å²) in [5.41, 5.74) is 2.94. The third kappa shape index (κ3) is 3.83. The number of aliphatic hydroxyl groups excluding tert-OH is 1. The number of aryl methyl sites for hydroxylation is 1. The normalized spacial score (nSPS) is 12.2. The van der Waals surface area contributed by atoms with E-state index in [1.165, 1.54) is 0 Å². The van der Waals surface area contributed by atoms with E-state index in [1.54, 1.807) is 7.11 Å². The third-order valence-electron chi connectivity index (χ3n) is 3.13. The maximum Gasteiger partial charge on any atom is 0.124 e. The number of methoxy groups -OCH3 is 1. The first kappa shape index (κ1) is 14.6. The predicted molar refractivity (Wildman–Crippen MR) is 78.8 cm³/mol. The minimum Gasteiger partial charge on any atom is -0.496 e. The maximum absolute atomic E-state index is 10.2. The summed E-state index contributed by atoms with van der Waals surface area (Å²) in [6, 6.07) is 15.7. The van der Waals surface area contributed by atoms with Crippen LogP contribution >= 0.6 is 0 Å². The van der Waals surface area contributed by atoms with Gasteiger partial charge in [0.05, 0.1) is 20.3 Å². The molecular formula is C17H20O3. The second kappa shape index (κ2) is 7.08. The molecule has 0 aliphatic heterocycles. The van der Waals surface area contributed by atoms with Gasteiger partial charge in [-0.25, -0.2) is 0 Å². The minimum absolute atomic E-state index is 0.245. The van der Waals surface area contributed by atoms with Gasteiger partial charge in [-0.1, -0.05) is 42.0 Å². The van der Waals surface area contributed by atoms with Gasteiger partial charge in [0.15, 0.2) is 0 Å². The van der Waals surface area contributed by atoms with Gasteiger partial charge in [-0.05, 0) is 24.6 Å². The van der Waals surface area contributed by atoms with Crippen molar-refractivity contribution in [3.63, 3.8) is 0 Å². The van der Waals surface area contributed by atoms with Crippen molar-refractivity contribution in [1.82, 2.24) is 0 Å². The molecule has 0 spiro atoms. The Bertz CT molecular complexity index is 537. The second-order valence-electron chi connectivity index (χ2n) is 4.76. The molecule has 0 fully saturated rings. The van der Waals surface area contributed by atoms with E-state index < -0.39 is 6.10 Å². The lowest BCUT2D eigenvalue weighted by Crippen LogP contribution is -2.09. The fourth-order valence-electron chi connectivity index (χ4n) is 2.07. The average molecular weight is 272 g/mol. The highest BCUT2D eigenvalue weighted by Gasteiger charge is 2.13. The van der Waals surface area contributed by atoms with Crippen LogP contribution < -0.4 is 4.74 Å². The van der Waals surface area contributed by atoms with Crippen LogP contribution in [0, 0.1) is 6.92 Å². The Kier molecular flexibility index (Phi) is 5.16. The third-order valence-corrected chi connectivity index (χ3v) is 3.13. The largest absolute Gasteiger partial charge is 0.496 e. The van der Waals surface area contributed by atoms with Gasteiger partial charge in [0.1, 0.15) is 11.9 Å². The Morgan fingerprint density at radius 1 is 1.10 bits per heavy atom. The number of rotatable bonds is 6. The van der Waals surface area contributed by atoms with Gasteiger partial charge < -0.3 is 14.6 Å². The van der Waals surface area contributed by atoms with E-state index in [-0.39, 0.29) is 6.61 Å². The van der Waals surface area contributed by atoms with Crippen LogP contribution in [0.15, 0.2) is 48.5 Å². The maximum atomic E-state index is 10.2. The fraction of sp³-hybridized carbons (Fsp3) is 0.294. The molecule has 0 amide bonds. The zero-order chi connectivity index (χ0) is 14.4. The van der Waals surface area contributed by atoms with Crippen molar-refractivity contribution in [3.8, 4) is 5.75 Å². The summed E-state index contributed by atoms with van der Waals surface area (Å²) in [6.45, 7) is 2.72. The SMILES string of the molecule is COc1ccc(C)cc1C(O)COCc1ccccc1. The van der Waals surface area contributed by atoms with Crippen LogP contribution in [0.1, 0.15) is 22.8 Å². The number of hydrogen-bond acceptors (Lipinski definition) is 3. The van der Waals surface area contributed by atoms with Crippen molar-refractivity contribution in [2.24, 2.45) is 0 Å². The molecule has 2 aromatic carbocycles. The van der Waals surface area contributed by atoms with Crippen molar-refractivity contribution in [1.29, 1.82) is 0 Å². The van der Waals surface area contributed by atoms with Gasteiger partial charge in [0, 0.05) is 5.56 Å².